The fraction of sp³-hybridized carbons (Fsp3) is 0.350. The standard InChI is InChI=1S/C20H26ClN3O3S/c1-16-14-17(21)10-11-19(16)24(28(3,26)27)15-20(25)22-12-7-13-23(2)18-8-5-4-6-9-18/h4-6,8-11,14H,7,12-13,15H2,1-3H3,(H,22,25). The number of anilines is 2. The fourth-order valence-corrected chi connectivity index (χ4v) is 3.96. The van der Waals surface area contributed by atoms with Gasteiger partial charge in [0.1, 0.15) is 6.54 Å². The fourth-order valence-electron chi connectivity index (χ4n) is 2.82. The van der Waals surface area contributed by atoms with Crippen molar-refractivity contribution in [2.75, 3.05) is 42.1 Å². The number of rotatable bonds is 9. The molecule has 0 unspecified atom stereocenters. The van der Waals surface area contributed by atoms with Crippen LogP contribution in [0.4, 0.5) is 11.4 Å². The summed E-state index contributed by atoms with van der Waals surface area (Å²) in [5, 5.41) is 3.31. The van der Waals surface area contributed by atoms with Gasteiger partial charge in [-0.1, -0.05) is 29.8 Å². The lowest BCUT2D eigenvalue weighted by Crippen LogP contribution is -2.41. The SMILES string of the molecule is Cc1cc(Cl)ccc1N(CC(=O)NCCCN(C)c1ccccc1)S(C)(=O)=O. The average molecular weight is 424 g/mol. The van der Waals surface area contributed by atoms with Gasteiger partial charge in [-0.3, -0.25) is 9.10 Å². The molecule has 0 aliphatic heterocycles. The molecule has 0 aliphatic carbocycles. The minimum absolute atomic E-state index is 0.268. The van der Waals surface area contributed by atoms with Gasteiger partial charge in [0, 0.05) is 30.8 Å². The van der Waals surface area contributed by atoms with Crippen molar-refractivity contribution in [3.05, 3.63) is 59.1 Å². The summed E-state index contributed by atoms with van der Waals surface area (Å²) in [6, 6.07) is 14.9. The lowest BCUT2D eigenvalue weighted by atomic mass is 10.2. The Morgan fingerprint density at radius 2 is 1.82 bits per heavy atom. The predicted octanol–water partition coefficient (Wildman–Crippen LogP) is 3.06. The Morgan fingerprint density at radius 3 is 2.43 bits per heavy atom. The van der Waals surface area contributed by atoms with E-state index < -0.39 is 10.0 Å². The molecule has 0 radical (unpaired) electrons. The molecule has 0 saturated carbocycles. The second kappa shape index (κ2) is 9.80. The summed E-state index contributed by atoms with van der Waals surface area (Å²) in [6.45, 7) is 2.73. The van der Waals surface area contributed by atoms with Crippen LogP contribution in [0.2, 0.25) is 5.02 Å². The second-order valence-electron chi connectivity index (χ2n) is 6.66. The lowest BCUT2D eigenvalue weighted by molar-refractivity contribution is -0.119. The summed E-state index contributed by atoms with van der Waals surface area (Å²) in [6.07, 6.45) is 1.83. The minimum atomic E-state index is -3.61. The molecular formula is C20H26ClN3O3S. The Hall–Kier alpha value is -2.25. The van der Waals surface area contributed by atoms with Gasteiger partial charge in [0.25, 0.3) is 0 Å². The maximum Gasteiger partial charge on any atom is 0.240 e. The van der Waals surface area contributed by atoms with E-state index in [4.69, 9.17) is 11.6 Å². The van der Waals surface area contributed by atoms with Crippen LogP contribution in [0, 0.1) is 6.92 Å². The molecule has 0 atom stereocenters. The van der Waals surface area contributed by atoms with E-state index in [0.717, 1.165) is 29.2 Å². The molecule has 2 rings (SSSR count). The Balaban J connectivity index is 1.90. The second-order valence-corrected chi connectivity index (χ2v) is 9.00. The largest absolute Gasteiger partial charge is 0.375 e. The van der Waals surface area contributed by atoms with Crippen LogP contribution in [0.15, 0.2) is 48.5 Å². The van der Waals surface area contributed by atoms with Gasteiger partial charge >= 0.3 is 0 Å². The van der Waals surface area contributed by atoms with E-state index >= 15 is 0 Å². The molecule has 0 aromatic heterocycles. The van der Waals surface area contributed by atoms with Gasteiger partial charge in [0.2, 0.25) is 15.9 Å². The van der Waals surface area contributed by atoms with E-state index in [2.05, 4.69) is 10.2 Å². The molecule has 2 aromatic carbocycles. The third-order valence-electron chi connectivity index (χ3n) is 4.30. The van der Waals surface area contributed by atoms with Crippen LogP contribution < -0.4 is 14.5 Å². The van der Waals surface area contributed by atoms with Gasteiger partial charge in [-0.15, -0.1) is 0 Å². The molecule has 0 spiro atoms. The maximum absolute atomic E-state index is 12.3. The monoisotopic (exact) mass is 423 g/mol. The van der Waals surface area contributed by atoms with Crippen molar-refractivity contribution >= 4 is 38.9 Å². The number of sulfonamides is 1. The number of carbonyl (C=O) groups is 1. The van der Waals surface area contributed by atoms with E-state index in [-0.39, 0.29) is 12.5 Å². The number of benzene rings is 2. The summed E-state index contributed by atoms with van der Waals surface area (Å²) < 4.78 is 25.5. The molecule has 0 heterocycles. The smallest absolute Gasteiger partial charge is 0.240 e. The van der Waals surface area contributed by atoms with Crippen molar-refractivity contribution in [2.24, 2.45) is 0 Å². The van der Waals surface area contributed by atoms with E-state index in [1.807, 2.05) is 37.4 Å². The summed E-state index contributed by atoms with van der Waals surface area (Å²) >= 11 is 5.94. The average Bonchev–Trinajstić information content (AvgIpc) is 2.63. The summed E-state index contributed by atoms with van der Waals surface area (Å²) in [7, 11) is -1.62. The molecule has 1 amide bonds. The Labute approximate surface area is 172 Å². The first-order valence-electron chi connectivity index (χ1n) is 8.95. The van der Waals surface area contributed by atoms with Gasteiger partial charge in [-0.25, -0.2) is 8.42 Å². The van der Waals surface area contributed by atoms with Crippen molar-refractivity contribution in [2.45, 2.75) is 13.3 Å². The number of nitrogens with one attached hydrogen (secondary N) is 1. The molecular weight excluding hydrogens is 398 g/mol. The van der Waals surface area contributed by atoms with E-state index in [9.17, 15) is 13.2 Å². The van der Waals surface area contributed by atoms with Gasteiger partial charge in [0.15, 0.2) is 0 Å². The molecule has 6 nitrogen and oxygen atoms in total. The predicted molar refractivity (Wildman–Crippen MR) is 116 cm³/mol. The van der Waals surface area contributed by atoms with Crippen molar-refractivity contribution in [3.63, 3.8) is 0 Å². The highest BCUT2D eigenvalue weighted by atomic mass is 35.5. The number of nitrogens with zero attached hydrogens (tertiary/aromatic N) is 2. The highest BCUT2D eigenvalue weighted by Gasteiger charge is 2.22. The quantitative estimate of drug-likeness (QED) is 0.629. The third-order valence-corrected chi connectivity index (χ3v) is 5.67. The number of para-hydroxylation sites is 1. The Bertz CT molecular complexity index is 904. The molecule has 0 fully saturated rings. The molecule has 0 saturated heterocycles. The van der Waals surface area contributed by atoms with Gasteiger partial charge in [0.05, 0.1) is 11.9 Å². The molecule has 2 aromatic rings. The summed E-state index contributed by atoms with van der Waals surface area (Å²) in [5.74, 6) is -0.345. The molecule has 0 bridgehead atoms. The number of halogens is 1. The van der Waals surface area contributed by atoms with Gasteiger partial charge in [-0.05, 0) is 49.2 Å². The first kappa shape index (κ1) is 22.0. The molecule has 1 N–H and O–H groups in total. The molecule has 28 heavy (non-hydrogen) atoms. The zero-order valence-electron chi connectivity index (χ0n) is 16.4. The number of hydrogen-bond donors (Lipinski definition) is 1. The van der Waals surface area contributed by atoms with E-state index in [1.165, 1.54) is 0 Å². The first-order chi connectivity index (χ1) is 13.2. The molecule has 8 heteroatoms. The van der Waals surface area contributed by atoms with Crippen molar-refractivity contribution < 1.29 is 13.2 Å². The normalized spacial score (nSPS) is 11.1. The highest BCUT2D eigenvalue weighted by Crippen LogP contribution is 2.25. The van der Waals surface area contributed by atoms with Crippen LogP contribution in [0.25, 0.3) is 0 Å². The number of carbonyl (C=O) groups excluding carboxylic acids is 1. The number of aryl methyl sites for hydroxylation is 1. The summed E-state index contributed by atoms with van der Waals surface area (Å²) in [5.41, 5.74) is 2.25. The van der Waals surface area contributed by atoms with E-state index in [1.54, 1.807) is 25.1 Å². The van der Waals surface area contributed by atoms with Crippen molar-refractivity contribution in [3.8, 4) is 0 Å². The van der Waals surface area contributed by atoms with Crippen molar-refractivity contribution in [1.29, 1.82) is 0 Å². The third kappa shape index (κ3) is 6.42. The van der Waals surface area contributed by atoms with Crippen LogP contribution in [0.3, 0.4) is 0 Å². The van der Waals surface area contributed by atoms with Crippen LogP contribution in [0.1, 0.15) is 12.0 Å². The van der Waals surface area contributed by atoms with E-state index in [0.29, 0.717) is 22.8 Å². The highest BCUT2D eigenvalue weighted by molar-refractivity contribution is 7.92. The zero-order chi connectivity index (χ0) is 20.7. The van der Waals surface area contributed by atoms with Crippen LogP contribution >= 0.6 is 11.6 Å². The topological polar surface area (TPSA) is 69.7 Å². The number of amides is 1. The van der Waals surface area contributed by atoms with Gasteiger partial charge in [-0.2, -0.15) is 0 Å². The molecule has 152 valence electrons. The van der Waals surface area contributed by atoms with Gasteiger partial charge < -0.3 is 10.2 Å². The first-order valence-corrected chi connectivity index (χ1v) is 11.2. The van der Waals surface area contributed by atoms with Crippen molar-refractivity contribution in [1.82, 2.24) is 5.32 Å². The minimum Gasteiger partial charge on any atom is -0.375 e. The van der Waals surface area contributed by atoms with Crippen LogP contribution in [0.5, 0.6) is 0 Å². The van der Waals surface area contributed by atoms with Crippen LogP contribution in [-0.2, 0) is 14.8 Å². The van der Waals surface area contributed by atoms with Crippen LogP contribution in [-0.4, -0.2) is 47.3 Å². The maximum atomic E-state index is 12.3. The number of hydrogen-bond acceptors (Lipinski definition) is 4. The Kier molecular flexibility index (Phi) is 7.71. The lowest BCUT2D eigenvalue weighted by Gasteiger charge is -2.24. The zero-order valence-corrected chi connectivity index (χ0v) is 17.9. The molecule has 0 aliphatic rings. The Morgan fingerprint density at radius 1 is 1.14 bits per heavy atom. The summed E-state index contributed by atoms with van der Waals surface area (Å²) in [4.78, 5) is 14.4.